The molecule has 0 radical (unpaired) electrons. The molecule has 0 aliphatic carbocycles. The van der Waals surface area contributed by atoms with Crippen LogP contribution in [0.3, 0.4) is 0 Å². The minimum Gasteiger partial charge on any atom is -0.379 e. The molecule has 2 heterocycles. The fraction of sp³-hybridized carbons (Fsp3) is 0.300. The molecule has 1 aliphatic rings. The maximum Gasteiger partial charge on any atom is 0.248 e. The third-order valence-corrected chi connectivity index (χ3v) is 7.17. The molecule has 0 unspecified atom stereocenters. The van der Waals surface area contributed by atoms with Crippen molar-refractivity contribution in [3.8, 4) is 11.4 Å². The van der Waals surface area contributed by atoms with Crippen LogP contribution in [0.15, 0.2) is 47.4 Å². The number of carbonyl (C=O) groups excluding carboxylic acids is 1. The maximum atomic E-state index is 12.9. The van der Waals surface area contributed by atoms with Crippen LogP contribution >= 0.6 is 11.6 Å². The molecule has 2 aromatic carbocycles. The predicted octanol–water partition coefficient (Wildman–Crippen LogP) is 1.96. The van der Waals surface area contributed by atoms with Crippen LogP contribution in [0.5, 0.6) is 0 Å². The normalized spacial score (nSPS) is 14.9. The van der Waals surface area contributed by atoms with E-state index in [0.29, 0.717) is 48.4 Å². The number of aromatic nitrogens is 4. The Hall–Kier alpha value is -2.86. The molecule has 32 heavy (non-hydrogen) atoms. The molecule has 1 saturated heterocycles. The quantitative estimate of drug-likeness (QED) is 0.577. The number of sulfonamides is 1. The third-order valence-electron chi connectivity index (χ3n) is 4.94. The third kappa shape index (κ3) is 4.80. The monoisotopic (exact) mass is 476 g/mol. The fourth-order valence-electron chi connectivity index (χ4n) is 3.21. The first-order valence-corrected chi connectivity index (χ1v) is 11.7. The van der Waals surface area contributed by atoms with Crippen molar-refractivity contribution in [3.63, 3.8) is 0 Å². The van der Waals surface area contributed by atoms with E-state index >= 15 is 0 Å². The number of tetrazole rings is 1. The van der Waals surface area contributed by atoms with Crippen LogP contribution in [0.1, 0.15) is 5.56 Å². The van der Waals surface area contributed by atoms with E-state index in [9.17, 15) is 13.2 Å². The first-order chi connectivity index (χ1) is 15.3. The van der Waals surface area contributed by atoms with Crippen molar-refractivity contribution in [2.45, 2.75) is 18.4 Å². The van der Waals surface area contributed by atoms with E-state index in [2.05, 4.69) is 20.7 Å². The summed E-state index contributed by atoms with van der Waals surface area (Å²) in [4.78, 5) is 13.8. The van der Waals surface area contributed by atoms with Crippen LogP contribution in [0.25, 0.3) is 11.4 Å². The van der Waals surface area contributed by atoms with Crippen LogP contribution in [-0.2, 0) is 26.1 Å². The standard InChI is InChI=1S/C20H21ClN6O4S/c1-14-6-7-15(32(29,30)26-8-10-31-11-9-26)12-18(14)22-19(28)13-27-24-20(23-25-27)16-4-2-3-5-17(16)21/h2-7,12H,8-11,13H2,1H3,(H,22,28). The Labute approximate surface area is 190 Å². The van der Waals surface area contributed by atoms with E-state index < -0.39 is 15.9 Å². The van der Waals surface area contributed by atoms with Crippen molar-refractivity contribution in [2.24, 2.45) is 0 Å². The second-order valence-corrected chi connectivity index (χ2v) is 9.51. The number of aryl methyl sites for hydroxylation is 1. The summed E-state index contributed by atoms with van der Waals surface area (Å²) in [6.07, 6.45) is 0. The molecule has 0 spiro atoms. The zero-order valence-corrected chi connectivity index (χ0v) is 18.8. The van der Waals surface area contributed by atoms with E-state index in [0.717, 1.165) is 10.4 Å². The van der Waals surface area contributed by atoms with Gasteiger partial charge in [-0.15, -0.1) is 10.2 Å². The molecular weight excluding hydrogens is 456 g/mol. The lowest BCUT2D eigenvalue weighted by Gasteiger charge is -2.26. The summed E-state index contributed by atoms with van der Waals surface area (Å²) in [6, 6.07) is 11.7. The number of hydrogen-bond acceptors (Lipinski definition) is 7. The van der Waals surface area contributed by atoms with E-state index in [1.54, 1.807) is 37.3 Å². The molecule has 0 atom stereocenters. The number of rotatable bonds is 6. The Balaban J connectivity index is 1.48. The summed E-state index contributed by atoms with van der Waals surface area (Å²) < 4.78 is 32.4. The van der Waals surface area contributed by atoms with Crippen LogP contribution in [0, 0.1) is 6.92 Å². The largest absolute Gasteiger partial charge is 0.379 e. The lowest BCUT2D eigenvalue weighted by Crippen LogP contribution is -2.40. The number of morpholine rings is 1. The van der Waals surface area contributed by atoms with Gasteiger partial charge in [-0.05, 0) is 42.0 Å². The highest BCUT2D eigenvalue weighted by Crippen LogP contribution is 2.25. The topological polar surface area (TPSA) is 119 Å². The maximum absolute atomic E-state index is 12.9. The molecule has 1 aliphatic heterocycles. The smallest absolute Gasteiger partial charge is 0.248 e. The van der Waals surface area contributed by atoms with Gasteiger partial charge in [-0.1, -0.05) is 29.8 Å². The average Bonchev–Trinajstić information content (AvgIpc) is 3.24. The summed E-state index contributed by atoms with van der Waals surface area (Å²) in [5.74, 6) is -0.115. The molecular formula is C20H21ClN6O4S. The van der Waals surface area contributed by atoms with Crippen molar-refractivity contribution in [1.29, 1.82) is 0 Å². The van der Waals surface area contributed by atoms with E-state index in [1.165, 1.54) is 16.4 Å². The van der Waals surface area contributed by atoms with Gasteiger partial charge in [0.25, 0.3) is 0 Å². The zero-order valence-electron chi connectivity index (χ0n) is 17.2. The van der Waals surface area contributed by atoms with Gasteiger partial charge in [0.2, 0.25) is 21.8 Å². The van der Waals surface area contributed by atoms with Gasteiger partial charge in [0.15, 0.2) is 0 Å². The Morgan fingerprint density at radius 3 is 2.69 bits per heavy atom. The van der Waals surface area contributed by atoms with E-state index in [1.807, 2.05) is 0 Å². The Morgan fingerprint density at radius 2 is 1.94 bits per heavy atom. The van der Waals surface area contributed by atoms with Crippen LogP contribution in [0.4, 0.5) is 5.69 Å². The highest BCUT2D eigenvalue weighted by Gasteiger charge is 2.27. The Bertz CT molecular complexity index is 1240. The van der Waals surface area contributed by atoms with Crippen molar-refractivity contribution in [2.75, 3.05) is 31.6 Å². The number of nitrogens with one attached hydrogen (secondary N) is 1. The highest BCUT2D eigenvalue weighted by molar-refractivity contribution is 7.89. The highest BCUT2D eigenvalue weighted by atomic mass is 35.5. The zero-order chi connectivity index (χ0) is 22.7. The van der Waals surface area contributed by atoms with Gasteiger partial charge >= 0.3 is 0 Å². The first kappa shape index (κ1) is 22.3. The van der Waals surface area contributed by atoms with Crippen molar-refractivity contribution >= 4 is 33.2 Å². The summed E-state index contributed by atoms with van der Waals surface area (Å²) >= 11 is 6.15. The number of anilines is 1. The van der Waals surface area contributed by atoms with Gasteiger partial charge in [-0.3, -0.25) is 4.79 Å². The molecule has 0 bridgehead atoms. The summed E-state index contributed by atoms with van der Waals surface area (Å²) in [7, 11) is -3.68. The number of halogens is 1. The summed E-state index contributed by atoms with van der Waals surface area (Å²) in [5.41, 5.74) is 1.73. The molecule has 0 saturated carbocycles. The molecule has 3 aromatic rings. The van der Waals surface area contributed by atoms with Crippen molar-refractivity contribution in [3.05, 3.63) is 53.1 Å². The average molecular weight is 477 g/mol. The Kier molecular flexibility index (Phi) is 6.51. The van der Waals surface area contributed by atoms with Crippen LogP contribution < -0.4 is 5.32 Å². The van der Waals surface area contributed by atoms with Crippen molar-refractivity contribution < 1.29 is 17.9 Å². The number of ether oxygens (including phenoxy) is 1. The first-order valence-electron chi connectivity index (χ1n) is 9.86. The SMILES string of the molecule is Cc1ccc(S(=O)(=O)N2CCOCC2)cc1NC(=O)Cn1nnc(-c2ccccc2Cl)n1. The molecule has 1 fully saturated rings. The lowest BCUT2D eigenvalue weighted by atomic mass is 10.2. The number of carbonyl (C=O) groups is 1. The van der Waals surface area contributed by atoms with Gasteiger partial charge < -0.3 is 10.1 Å². The van der Waals surface area contributed by atoms with Crippen LogP contribution in [-0.4, -0.2) is 65.1 Å². The second kappa shape index (κ2) is 9.33. The number of hydrogen-bond donors (Lipinski definition) is 1. The van der Waals surface area contributed by atoms with Gasteiger partial charge in [0, 0.05) is 24.3 Å². The molecule has 1 aromatic heterocycles. The van der Waals surface area contributed by atoms with Gasteiger partial charge in [0.05, 0.1) is 23.1 Å². The molecule has 168 valence electrons. The van der Waals surface area contributed by atoms with E-state index in [4.69, 9.17) is 16.3 Å². The number of benzene rings is 2. The Morgan fingerprint density at radius 1 is 1.19 bits per heavy atom. The molecule has 1 N–H and O–H groups in total. The lowest BCUT2D eigenvalue weighted by molar-refractivity contribution is -0.117. The minimum absolute atomic E-state index is 0.111. The molecule has 12 heteroatoms. The van der Waals surface area contributed by atoms with Crippen LogP contribution in [0.2, 0.25) is 5.02 Å². The summed E-state index contributed by atoms with van der Waals surface area (Å²) in [6.45, 7) is 2.89. The molecule has 4 rings (SSSR count). The number of nitrogens with zero attached hydrogens (tertiary/aromatic N) is 5. The van der Waals surface area contributed by atoms with E-state index in [-0.39, 0.29) is 11.4 Å². The molecule has 1 amide bonds. The predicted molar refractivity (Wildman–Crippen MR) is 118 cm³/mol. The fourth-order valence-corrected chi connectivity index (χ4v) is 4.87. The minimum atomic E-state index is -3.68. The second-order valence-electron chi connectivity index (χ2n) is 7.16. The van der Waals surface area contributed by atoms with Gasteiger partial charge in [-0.2, -0.15) is 9.10 Å². The molecule has 10 nitrogen and oxygen atoms in total. The van der Waals surface area contributed by atoms with Gasteiger partial charge in [-0.25, -0.2) is 8.42 Å². The number of amides is 1. The van der Waals surface area contributed by atoms with Crippen molar-refractivity contribution in [1.82, 2.24) is 24.5 Å². The van der Waals surface area contributed by atoms with Gasteiger partial charge in [0.1, 0.15) is 6.54 Å². The summed E-state index contributed by atoms with van der Waals surface area (Å²) in [5, 5.41) is 15.3.